The Morgan fingerprint density at radius 3 is 2.77 bits per heavy atom. The molecule has 0 saturated carbocycles. The largest absolute Gasteiger partial charge is 0.453 e. The van der Waals surface area contributed by atoms with Gasteiger partial charge < -0.3 is 25.9 Å². The van der Waals surface area contributed by atoms with E-state index in [1.807, 2.05) is 0 Å². The summed E-state index contributed by atoms with van der Waals surface area (Å²) in [4.78, 5) is 19.2. The maximum atomic E-state index is 15.0. The summed E-state index contributed by atoms with van der Waals surface area (Å²) in [6.07, 6.45) is -0.878. The van der Waals surface area contributed by atoms with Gasteiger partial charge in [-0.05, 0) is 41.1 Å². The molecule has 2 aromatic carbocycles. The summed E-state index contributed by atoms with van der Waals surface area (Å²) in [5.74, 6) is -1.09. The lowest BCUT2D eigenvalue weighted by Gasteiger charge is -2.13. The number of nitrogen functional groups attached to an aromatic ring is 1. The zero-order chi connectivity index (χ0) is 22.0. The van der Waals surface area contributed by atoms with E-state index in [1.165, 1.54) is 37.3 Å². The molecule has 5 N–H and O–H groups in total. The van der Waals surface area contributed by atoms with Crippen LogP contribution in [-0.4, -0.2) is 21.0 Å². The number of aromatic nitrogens is 2. The monoisotopic (exact) mass is 516 g/mol. The molecule has 0 saturated heterocycles. The van der Waals surface area contributed by atoms with Crippen molar-refractivity contribution < 1.29 is 19.0 Å². The number of imidazole rings is 1. The number of benzene rings is 2. The van der Waals surface area contributed by atoms with E-state index in [9.17, 15) is 14.3 Å². The number of hydrogen-bond donors (Lipinski definition) is 4. The first-order chi connectivity index (χ1) is 14.2. The van der Waals surface area contributed by atoms with Crippen molar-refractivity contribution in [1.82, 2.24) is 15.3 Å². The van der Waals surface area contributed by atoms with Crippen LogP contribution in [0, 0.1) is 5.82 Å². The number of nitrogens with one attached hydrogen (secondary N) is 2. The molecule has 0 radical (unpaired) electrons. The number of carbonyl (C=O) groups excluding carboxylic acids is 1. The Kier molecular flexibility index (Phi) is 6.87. The summed E-state index contributed by atoms with van der Waals surface area (Å²) in [6.45, 7) is 1.35. The third-order valence-corrected chi connectivity index (χ3v) is 5.06. The Balaban J connectivity index is 1.79. The van der Waals surface area contributed by atoms with E-state index in [0.717, 1.165) is 0 Å². The number of nitrogens with two attached hydrogens (primary N) is 1. The fraction of sp³-hybridized carbons (Fsp3) is 0.158. The number of aliphatic hydroxyl groups is 1. The fourth-order valence-electron chi connectivity index (χ4n) is 2.54. The molecule has 0 spiro atoms. The number of aromatic amines is 1. The number of nitrogens with zero attached hydrogens (tertiary/aromatic N) is 1. The van der Waals surface area contributed by atoms with Crippen LogP contribution in [0.3, 0.4) is 0 Å². The molecule has 0 aliphatic carbocycles. The zero-order valence-corrected chi connectivity index (χ0v) is 18.6. The summed E-state index contributed by atoms with van der Waals surface area (Å²) >= 11 is 15.2. The van der Waals surface area contributed by atoms with Crippen molar-refractivity contribution in [1.29, 1.82) is 0 Å². The topological polar surface area (TPSA) is 113 Å². The minimum Gasteiger partial charge on any atom is -0.453 e. The molecule has 30 heavy (non-hydrogen) atoms. The van der Waals surface area contributed by atoms with Crippen LogP contribution >= 0.6 is 39.1 Å². The lowest BCUT2D eigenvalue weighted by molar-refractivity contribution is 0.0944. The normalized spacial score (nSPS) is 11.9. The maximum Gasteiger partial charge on any atom is 0.272 e. The average molecular weight is 518 g/mol. The average Bonchev–Trinajstić information content (AvgIpc) is 3.05. The minimum absolute atomic E-state index is 0.0335. The van der Waals surface area contributed by atoms with Crippen molar-refractivity contribution in [3.05, 3.63) is 67.9 Å². The predicted octanol–water partition coefficient (Wildman–Crippen LogP) is 4.98. The van der Waals surface area contributed by atoms with Crippen LogP contribution in [0.4, 0.5) is 10.1 Å². The van der Waals surface area contributed by atoms with Gasteiger partial charge in [-0.3, -0.25) is 4.79 Å². The highest BCUT2D eigenvalue weighted by atomic mass is 79.9. The molecular weight excluding hydrogens is 502 g/mol. The molecule has 0 fully saturated rings. The highest BCUT2D eigenvalue weighted by Gasteiger charge is 2.20. The summed E-state index contributed by atoms with van der Waals surface area (Å²) in [5, 5.41) is 12.5. The van der Waals surface area contributed by atoms with Gasteiger partial charge in [0.25, 0.3) is 5.91 Å². The van der Waals surface area contributed by atoms with Crippen LogP contribution < -0.4 is 15.8 Å². The molecule has 7 nitrogen and oxygen atoms in total. The molecule has 3 aromatic rings. The molecule has 158 valence electrons. The highest BCUT2D eigenvalue weighted by molar-refractivity contribution is 9.10. The number of halogens is 4. The van der Waals surface area contributed by atoms with Gasteiger partial charge in [0.15, 0.2) is 17.3 Å². The third kappa shape index (κ3) is 5.04. The van der Waals surface area contributed by atoms with E-state index in [1.54, 1.807) is 0 Å². The first kappa shape index (κ1) is 22.4. The van der Waals surface area contributed by atoms with Crippen molar-refractivity contribution in [2.24, 2.45) is 0 Å². The first-order valence-corrected chi connectivity index (χ1v) is 10.1. The van der Waals surface area contributed by atoms with Gasteiger partial charge in [0, 0.05) is 28.9 Å². The van der Waals surface area contributed by atoms with Crippen LogP contribution in [0.15, 0.2) is 34.9 Å². The number of H-pyrrole nitrogens is 1. The molecule has 1 amide bonds. The quantitative estimate of drug-likeness (QED) is 0.344. The van der Waals surface area contributed by atoms with Crippen molar-refractivity contribution in [2.45, 2.75) is 19.6 Å². The smallest absolute Gasteiger partial charge is 0.272 e. The zero-order valence-electron chi connectivity index (χ0n) is 15.5. The SMILES string of the molecule is CC(O)c1nc(C(=O)NCc2ccc(Cl)c(Oc3cc(N)cc(Cl)c3)c2F)c(Br)[nH]1. The Hall–Kier alpha value is -2.33. The Labute approximate surface area is 189 Å². The number of aliphatic hydroxyl groups excluding tert-OH is 1. The van der Waals surface area contributed by atoms with Crippen LogP contribution in [0.2, 0.25) is 10.0 Å². The number of anilines is 1. The molecule has 11 heteroatoms. The second-order valence-corrected chi connectivity index (χ2v) is 7.95. The highest BCUT2D eigenvalue weighted by Crippen LogP contribution is 2.35. The van der Waals surface area contributed by atoms with Gasteiger partial charge in [0.05, 0.1) is 5.02 Å². The van der Waals surface area contributed by atoms with Gasteiger partial charge >= 0.3 is 0 Å². The molecule has 1 aromatic heterocycles. The number of amides is 1. The number of rotatable bonds is 6. The summed E-state index contributed by atoms with van der Waals surface area (Å²) in [6, 6.07) is 7.35. The molecule has 3 rings (SSSR count). The van der Waals surface area contributed by atoms with E-state index in [-0.39, 0.29) is 40.1 Å². The second kappa shape index (κ2) is 9.22. The molecule has 0 aliphatic heterocycles. The fourth-order valence-corrected chi connectivity index (χ4v) is 3.43. The molecule has 0 aliphatic rings. The summed E-state index contributed by atoms with van der Waals surface area (Å²) < 4.78 is 20.8. The predicted molar refractivity (Wildman–Crippen MR) is 115 cm³/mol. The van der Waals surface area contributed by atoms with Crippen LogP contribution in [0.1, 0.15) is 34.9 Å². The van der Waals surface area contributed by atoms with Crippen molar-refractivity contribution in [2.75, 3.05) is 5.73 Å². The summed E-state index contributed by atoms with van der Waals surface area (Å²) in [7, 11) is 0. The van der Waals surface area contributed by atoms with Crippen LogP contribution in [0.5, 0.6) is 11.5 Å². The van der Waals surface area contributed by atoms with E-state index in [4.69, 9.17) is 33.7 Å². The molecular formula is C19H16BrCl2FN4O3. The molecule has 1 heterocycles. The number of hydrogen-bond acceptors (Lipinski definition) is 5. The maximum absolute atomic E-state index is 15.0. The molecule has 1 unspecified atom stereocenters. The van der Waals surface area contributed by atoms with Crippen LogP contribution in [-0.2, 0) is 6.54 Å². The van der Waals surface area contributed by atoms with Gasteiger partial charge in [0.2, 0.25) is 0 Å². The Morgan fingerprint density at radius 1 is 1.40 bits per heavy atom. The Morgan fingerprint density at radius 2 is 2.13 bits per heavy atom. The lowest BCUT2D eigenvalue weighted by Crippen LogP contribution is -2.24. The lowest BCUT2D eigenvalue weighted by atomic mass is 10.2. The number of carbonyl (C=O) groups is 1. The van der Waals surface area contributed by atoms with Gasteiger partial charge in [0.1, 0.15) is 22.3 Å². The van der Waals surface area contributed by atoms with E-state index < -0.39 is 17.8 Å². The Bertz CT molecular complexity index is 1090. The van der Waals surface area contributed by atoms with Gasteiger partial charge in [-0.15, -0.1) is 0 Å². The van der Waals surface area contributed by atoms with E-state index in [0.29, 0.717) is 15.3 Å². The van der Waals surface area contributed by atoms with E-state index in [2.05, 4.69) is 31.2 Å². The molecule has 0 bridgehead atoms. The van der Waals surface area contributed by atoms with Gasteiger partial charge in [-0.1, -0.05) is 29.3 Å². The summed E-state index contributed by atoms with van der Waals surface area (Å²) in [5.41, 5.74) is 6.24. The number of ether oxygens (including phenoxy) is 1. The standard InChI is InChI=1S/C19H16BrCl2FN4O3/c1-8(28)18-26-15(17(20)27-18)19(29)25-7-9-2-3-13(22)16(14(9)23)30-12-5-10(21)4-11(24)6-12/h2-6,8,28H,7,24H2,1H3,(H,25,29)(H,26,27). The first-order valence-electron chi connectivity index (χ1n) is 8.58. The van der Waals surface area contributed by atoms with Crippen molar-refractivity contribution in [3.8, 4) is 11.5 Å². The second-order valence-electron chi connectivity index (χ2n) is 6.32. The molecule has 1 atom stereocenters. The third-order valence-electron chi connectivity index (χ3n) is 3.97. The van der Waals surface area contributed by atoms with Crippen molar-refractivity contribution >= 4 is 50.7 Å². The minimum atomic E-state index is -0.878. The van der Waals surface area contributed by atoms with E-state index >= 15 is 0 Å². The van der Waals surface area contributed by atoms with Crippen LogP contribution in [0.25, 0.3) is 0 Å². The van der Waals surface area contributed by atoms with Gasteiger partial charge in [-0.2, -0.15) is 0 Å². The van der Waals surface area contributed by atoms with Gasteiger partial charge in [-0.25, -0.2) is 9.37 Å². The van der Waals surface area contributed by atoms with Crippen molar-refractivity contribution in [3.63, 3.8) is 0 Å².